The summed E-state index contributed by atoms with van der Waals surface area (Å²) in [6, 6.07) is 3.63. The lowest BCUT2D eigenvalue weighted by Gasteiger charge is -2.03. The third-order valence-electron chi connectivity index (χ3n) is 2.02. The first-order valence-corrected chi connectivity index (χ1v) is 4.09. The van der Waals surface area contributed by atoms with Crippen LogP contribution >= 0.6 is 0 Å². The van der Waals surface area contributed by atoms with Gasteiger partial charge in [0.2, 0.25) is 6.79 Å². The molecule has 0 spiro atoms. The molecule has 2 rings (SSSR count). The van der Waals surface area contributed by atoms with Crippen molar-refractivity contribution in [2.45, 2.75) is 0 Å². The predicted octanol–water partition coefficient (Wildman–Crippen LogP) is 1.87. The van der Waals surface area contributed by atoms with Gasteiger partial charge in [-0.05, 0) is 11.6 Å². The van der Waals surface area contributed by atoms with E-state index in [0.717, 1.165) is 5.56 Å². The smallest absolute Gasteiger partial charge is 0.231 e. The Hall–Kier alpha value is -1.97. The van der Waals surface area contributed by atoms with E-state index in [9.17, 15) is 0 Å². The zero-order valence-electron chi connectivity index (χ0n) is 7.43. The van der Waals surface area contributed by atoms with E-state index in [-0.39, 0.29) is 6.79 Å². The molecule has 0 amide bonds. The molecule has 0 saturated carbocycles. The summed E-state index contributed by atoms with van der Waals surface area (Å²) < 4.78 is 10.4. The van der Waals surface area contributed by atoms with E-state index in [0.29, 0.717) is 17.1 Å². The number of oxime groups is 1. The number of hydrogen-bond donors (Lipinski definition) is 1. The van der Waals surface area contributed by atoms with Crippen molar-refractivity contribution in [3.05, 3.63) is 29.8 Å². The van der Waals surface area contributed by atoms with Gasteiger partial charge >= 0.3 is 0 Å². The van der Waals surface area contributed by atoms with Crippen LogP contribution in [-0.4, -0.2) is 18.2 Å². The highest BCUT2D eigenvalue weighted by Gasteiger charge is 2.18. The van der Waals surface area contributed by atoms with Crippen molar-refractivity contribution in [1.82, 2.24) is 0 Å². The number of nitrogens with zero attached hydrogens (tertiary/aromatic N) is 1. The Kier molecular flexibility index (Phi) is 2.10. The second kappa shape index (κ2) is 3.41. The third-order valence-corrected chi connectivity index (χ3v) is 2.02. The summed E-state index contributed by atoms with van der Waals surface area (Å²) in [5.74, 6) is 1.26. The second-order valence-corrected chi connectivity index (χ2v) is 2.75. The number of benzene rings is 1. The molecule has 0 atom stereocenters. The van der Waals surface area contributed by atoms with Crippen molar-refractivity contribution in [3.8, 4) is 11.5 Å². The first kappa shape index (κ1) is 8.62. The average Bonchev–Trinajstić information content (AvgIpc) is 2.67. The van der Waals surface area contributed by atoms with Crippen molar-refractivity contribution in [1.29, 1.82) is 0 Å². The lowest BCUT2D eigenvalue weighted by Crippen LogP contribution is -1.95. The van der Waals surface area contributed by atoms with Crippen LogP contribution in [0.1, 0.15) is 11.1 Å². The van der Waals surface area contributed by atoms with Gasteiger partial charge < -0.3 is 14.7 Å². The van der Waals surface area contributed by atoms with Gasteiger partial charge in [0.15, 0.2) is 11.5 Å². The van der Waals surface area contributed by atoms with Crippen LogP contribution in [0.15, 0.2) is 23.9 Å². The quantitative estimate of drug-likeness (QED) is 0.441. The molecule has 0 saturated heterocycles. The van der Waals surface area contributed by atoms with Gasteiger partial charge in [-0.15, -0.1) is 0 Å². The molecule has 0 unspecified atom stereocenters. The van der Waals surface area contributed by atoms with Crippen LogP contribution in [0.4, 0.5) is 0 Å². The summed E-state index contributed by atoms with van der Waals surface area (Å²) in [5.41, 5.74) is 1.52. The van der Waals surface area contributed by atoms with Crippen molar-refractivity contribution < 1.29 is 14.7 Å². The van der Waals surface area contributed by atoms with Gasteiger partial charge in [0.05, 0.1) is 6.21 Å². The largest absolute Gasteiger partial charge is 0.454 e. The Labute approximate surface area is 81.1 Å². The molecule has 1 heterocycles. The van der Waals surface area contributed by atoms with Gasteiger partial charge in [-0.1, -0.05) is 23.9 Å². The number of ether oxygens (including phenoxy) is 2. The Morgan fingerprint density at radius 1 is 1.43 bits per heavy atom. The van der Waals surface area contributed by atoms with E-state index in [1.54, 1.807) is 12.1 Å². The van der Waals surface area contributed by atoms with Gasteiger partial charge in [0.1, 0.15) is 0 Å². The summed E-state index contributed by atoms with van der Waals surface area (Å²) in [7, 11) is 0. The predicted molar refractivity (Wildman–Crippen MR) is 52.0 cm³/mol. The van der Waals surface area contributed by atoms with E-state index >= 15 is 0 Å². The zero-order valence-corrected chi connectivity index (χ0v) is 7.43. The fourth-order valence-corrected chi connectivity index (χ4v) is 1.38. The Morgan fingerprint density at radius 2 is 2.29 bits per heavy atom. The minimum atomic E-state index is 0.197. The molecule has 0 fully saturated rings. The minimum absolute atomic E-state index is 0.197. The molecule has 0 radical (unpaired) electrons. The molecule has 4 heteroatoms. The Bertz CT molecular complexity index is 399. The minimum Gasteiger partial charge on any atom is -0.454 e. The normalized spacial score (nSPS) is 13.4. The van der Waals surface area contributed by atoms with Crippen LogP contribution in [0.2, 0.25) is 0 Å². The van der Waals surface area contributed by atoms with Crippen LogP contribution < -0.4 is 9.47 Å². The zero-order chi connectivity index (χ0) is 9.97. The van der Waals surface area contributed by atoms with Crippen molar-refractivity contribution in [2.75, 3.05) is 6.79 Å². The summed E-state index contributed by atoms with van der Waals surface area (Å²) in [6.45, 7) is 3.86. The van der Waals surface area contributed by atoms with Gasteiger partial charge in [-0.3, -0.25) is 0 Å². The fourth-order valence-electron chi connectivity index (χ4n) is 1.38. The molecule has 1 aromatic rings. The average molecular weight is 191 g/mol. The van der Waals surface area contributed by atoms with Crippen LogP contribution in [0.3, 0.4) is 0 Å². The van der Waals surface area contributed by atoms with Crippen LogP contribution in [0.25, 0.3) is 6.08 Å². The maximum Gasteiger partial charge on any atom is 0.231 e. The standard InChI is InChI=1S/C10H9NO3/c1-2-7-3-4-9-10(14-6-13-9)8(7)5-11-12/h2-5,12H,1,6H2. The van der Waals surface area contributed by atoms with E-state index in [1.165, 1.54) is 6.21 Å². The maximum absolute atomic E-state index is 8.51. The molecule has 0 aromatic heterocycles. The number of hydrogen-bond acceptors (Lipinski definition) is 4. The van der Waals surface area contributed by atoms with E-state index in [1.807, 2.05) is 6.07 Å². The highest BCUT2D eigenvalue weighted by molar-refractivity contribution is 5.90. The first-order valence-electron chi connectivity index (χ1n) is 4.09. The molecule has 1 aliphatic heterocycles. The molecule has 0 bridgehead atoms. The van der Waals surface area contributed by atoms with Gasteiger partial charge in [0.25, 0.3) is 0 Å². The van der Waals surface area contributed by atoms with E-state index in [4.69, 9.17) is 14.7 Å². The molecular formula is C10H9NO3. The Morgan fingerprint density at radius 3 is 3.00 bits per heavy atom. The molecule has 1 aliphatic rings. The SMILES string of the molecule is C=Cc1ccc2c(c1C=NO)OCO2. The van der Waals surface area contributed by atoms with Crippen LogP contribution in [0.5, 0.6) is 11.5 Å². The maximum atomic E-state index is 8.51. The van der Waals surface area contributed by atoms with Crippen molar-refractivity contribution >= 4 is 12.3 Å². The number of rotatable bonds is 2. The second-order valence-electron chi connectivity index (χ2n) is 2.75. The molecule has 4 nitrogen and oxygen atoms in total. The summed E-state index contributed by atoms with van der Waals surface area (Å²) >= 11 is 0. The van der Waals surface area contributed by atoms with E-state index in [2.05, 4.69) is 11.7 Å². The first-order chi connectivity index (χ1) is 6.86. The lowest BCUT2D eigenvalue weighted by atomic mass is 10.1. The number of fused-ring (bicyclic) bond motifs is 1. The van der Waals surface area contributed by atoms with Crippen LogP contribution in [0, 0.1) is 0 Å². The fraction of sp³-hybridized carbons (Fsp3) is 0.100. The highest BCUT2D eigenvalue weighted by atomic mass is 16.7. The monoisotopic (exact) mass is 191 g/mol. The third kappa shape index (κ3) is 1.21. The van der Waals surface area contributed by atoms with Crippen molar-refractivity contribution in [2.24, 2.45) is 5.16 Å². The summed E-state index contributed by atoms with van der Waals surface area (Å²) in [6.07, 6.45) is 2.98. The van der Waals surface area contributed by atoms with Gasteiger partial charge in [-0.25, -0.2) is 0 Å². The van der Waals surface area contributed by atoms with Crippen LogP contribution in [-0.2, 0) is 0 Å². The van der Waals surface area contributed by atoms with Crippen molar-refractivity contribution in [3.63, 3.8) is 0 Å². The molecular weight excluding hydrogens is 182 g/mol. The van der Waals surface area contributed by atoms with Gasteiger partial charge in [-0.2, -0.15) is 0 Å². The molecule has 72 valence electrons. The highest BCUT2D eigenvalue weighted by Crippen LogP contribution is 2.36. The van der Waals surface area contributed by atoms with E-state index < -0.39 is 0 Å². The molecule has 1 N–H and O–H groups in total. The molecule has 14 heavy (non-hydrogen) atoms. The topological polar surface area (TPSA) is 51.1 Å². The molecule has 1 aromatic carbocycles. The lowest BCUT2D eigenvalue weighted by molar-refractivity contribution is 0.174. The summed E-state index contributed by atoms with van der Waals surface area (Å²) in [4.78, 5) is 0. The Balaban J connectivity index is 2.61. The summed E-state index contributed by atoms with van der Waals surface area (Å²) in [5, 5.41) is 11.5. The van der Waals surface area contributed by atoms with Gasteiger partial charge in [0, 0.05) is 5.56 Å². The molecule has 0 aliphatic carbocycles.